The van der Waals surface area contributed by atoms with Crippen molar-refractivity contribution in [2.75, 3.05) is 7.11 Å². The Morgan fingerprint density at radius 2 is 1.75 bits per heavy atom. The first-order chi connectivity index (χ1) is 11.6. The molecular weight excluding hydrogens is 300 g/mol. The molecule has 4 nitrogen and oxygen atoms in total. The fourth-order valence-corrected chi connectivity index (χ4v) is 2.69. The second-order valence-corrected chi connectivity index (χ2v) is 5.94. The number of carbonyl (C=O) groups is 1. The molecule has 2 rings (SSSR count). The van der Waals surface area contributed by atoms with Crippen molar-refractivity contribution >= 4 is 5.97 Å². The van der Waals surface area contributed by atoms with Crippen molar-refractivity contribution in [2.24, 2.45) is 5.92 Å². The van der Waals surface area contributed by atoms with Crippen LogP contribution in [0.15, 0.2) is 48.5 Å². The highest BCUT2D eigenvalue weighted by Crippen LogP contribution is 2.27. The Hall–Kier alpha value is -2.64. The normalized spacial score (nSPS) is 11.8. The molecule has 24 heavy (non-hydrogen) atoms. The van der Waals surface area contributed by atoms with Gasteiger partial charge in [0.2, 0.25) is 0 Å². The lowest BCUT2D eigenvalue weighted by molar-refractivity contribution is -0.144. The number of esters is 1. The molecule has 0 bridgehead atoms. The highest BCUT2D eigenvalue weighted by atomic mass is 16.5. The number of benzene rings is 2. The molecule has 0 spiro atoms. The number of nitrogens with one attached hydrogen (secondary N) is 1. The summed E-state index contributed by atoms with van der Waals surface area (Å²) in [5.74, 6) is -0.143. The Labute approximate surface area is 143 Å². The summed E-state index contributed by atoms with van der Waals surface area (Å²) in [6.45, 7) is 4.48. The Balaban J connectivity index is 2.30. The number of carbonyl (C=O) groups excluding carboxylic acids is 1. The van der Waals surface area contributed by atoms with Gasteiger partial charge in [-0.3, -0.25) is 4.79 Å². The molecule has 124 valence electrons. The molecule has 0 unspecified atom stereocenters. The second kappa shape index (κ2) is 8.28. The lowest BCUT2D eigenvalue weighted by atomic mass is 9.95. The Morgan fingerprint density at radius 1 is 1.12 bits per heavy atom. The summed E-state index contributed by atoms with van der Waals surface area (Å²) in [5, 5.41) is 12.6. The molecular formula is C20H22N2O2. The van der Waals surface area contributed by atoms with E-state index in [1.165, 1.54) is 7.11 Å². The monoisotopic (exact) mass is 322 g/mol. The van der Waals surface area contributed by atoms with E-state index in [-0.39, 0.29) is 17.9 Å². The van der Waals surface area contributed by atoms with Crippen LogP contribution in [0.2, 0.25) is 0 Å². The summed E-state index contributed by atoms with van der Waals surface area (Å²) in [6, 6.07) is 17.3. The molecule has 0 radical (unpaired) electrons. The van der Waals surface area contributed by atoms with Crippen molar-refractivity contribution in [3.63, 3.8) is 0 Å². The van der Waals surface area contributed by atoms with E-state index in [0.29, 0.717) is 12.1 Å². The van der Waals surface area contributed by atoms with Crippen LogP contribution in [0.1, 0.15) is 25.0 Å². The van der Waals surface area contributed by atoms with Gasteiger partial charge in [-0.2, -0.15) is 5.26 Å². The number of hydrogen-bond donors (Lipinski definition) is 1. The first-order valence-corrected chi connectivity index (χ1v) is 7.97. The van der Waals surface area contributed by atoms with Crippen LogP contribution < -0.4 is 5.32 Å². The van der Waals surface area contributed by atoms with Crippen molar-refractivity contribution in [1.29, 1.82) is 5.26 Å². The zero-order valence-corrected chi connectivity index (χ0v) is 14.2. The molecule has 0 saturated carbocycles. The van der Waals surface area contributed by atoms with Crippen molar-refractivity contribution < 1.29 is 9.53 Å². The third kappa shape index (κ3) is 4.01. The molecule has 0 aliphatic heterocycles. The smallest absolute Gasteiger partial charge is 0.323 e. The van der Waals surface area contributed by atoms with Crippen LogP contribution in [0.25, 0.3) is 11.1 Å². The third-order valence-corrected chi connectivity index (χ3v) is 3.99. The van der Waals surface area contributed by atoms with Gasteiger partial charge in [0.25, 0.3) is 0 Å². The zero-order valence-electron chi connectivity index (χ0n) is 14.2. The van der Waals surface area contributed by atoms with Crippen molar-refractivity contribution in [1.82, 2.24) is 5.32 Å². The average Bonchev–Trinajstić information content (AvgIpc) is 2.61. The van der Waals surface area contributed by atoms with Crippen LogP contribution in [-0.2, 0) is 16.1 Å². The molecule has 2 aromatic rings. The van der Waals surface area contributed by atoms with E-state index in [1.807, 2.05) is 62.4 Å². The molecule has 0 heterocycles. The fourth-order valence-electron chi connectivity index (χ4n) is 2.69. The predicted octanol–water partition coefficient (Wildman–Crippen LogP) is 3.51. The first kappa shape index (κ1) is 17.7. The van der Waals surface area contributed by atoms with Gasteiger partial charge in [-0.15, -0.1) is 0 Å². The molecule has 4 heteroatoms. The van der Waals surface area contributed by atoms with E-state index in [2.05, 4.69) is 11.4 Å². The second-order valence-electron chi connectivity index (χ2n) is 5.94. The summed E-state index contributed by atoms with van der Waals surface area (Å²) < 4.78 is 4.87. The predicted molar refractivity (Wildman–Crippen MR) is 94.1 cm³/mol. The standard InChI is InChI=1S/C20H22N2O2/c1-14(2)19(20(23)24-3)22-13-16-9-5-7-11-18(16)17-10-6-4-8-15(17)12-21/h4-11,14,19,22H,13H2,1-3H3/t19-/m0/s1. The quantitative estimate of drug-likeness (QED) is 0.827. The summed E-state index contributed by atoms with van der Waals surface area (Å²) >= 11 is 0. The van der Waals surface area contributed by atoms with Crippen LogP contribution in [0.5, 0.6) is 0 Å². The Morgan fingerprint density at radius 3 is 2.38 bits per heavy atom. The maximum absolute atomic E-state index is 11.9. The lowest BCUT2D eigenvalue weighted by Crippen LogP contribution is -2.41. The summed E-state index contributed by atoms with van der Waals surface area (Å²) in [7, 11) is 1.40. The highest BCUT2D eigenvalue weighted by Gasteiger charge is 2.22. The van der Waals surface area contributed by atoms with Crippen LogP contribution in [-0.4, -0.2) is 19.1 Å². The number of methoxy groups -OCH3 is 1. The van der Waals surface area contributed by atoms with Crippen LogP contribution in [0.4, 0.5) is 0 Å². The van der Waals surface area contributed by atoms with E-state index in [4.69, 9.17) is 4.74 Å². The van der Waals surface area contributed by atoms with Gasteiger partial charge >= 0.3 is 5.97 Å². The summed E-state index contributed by atoms with van der Waals surface area (Å²) in [5.41, 5.74) is 3.57. The van der Waals surface area contributed by atoms with Gasteiger partial charge in [0.15, 0.2) is 0 Å². The molecule has 0 amide bonds. The number of nitriles is 1. The maximum Gasteiger partial charge on any atom is 0.323 e. The van der Waals surface area contributed by atoms with E-state index >= 15 is 0 Å². The largest absolute Gasteiger partial charge is 0.468 e. The minimum atomic E-state index is -0.366. The highest BCUT2D eigenvalue weighted by molar-refractivity contribution is 5.76. The van der Waals surface area contributed by atoms with Crippen LogP contribution in [0.3, 0.4) is 0 Å². The average molecular weight is 322 g/mol. The van der Waals surface area contributed by atoms with Crippen molar-refractivity contribution in [3.05, 3.63) is 59.7 Å². The molecule has 0 fully saturated rings. The Kier molecular flexibility index (Phi) is 6.11. The number of nitrogens with zero attached hydrogens (tertiary/aromatic N) is 1. The fraction of sp³-hybridized carbons (Fsp3) is 0.300. The summed E-state index contributed by atoms with van der Waals surface area (Å²) in [4.78, 5) is 11.9. The van der Waals surface area contributed by atoms with Crippen molar-refractivity contribution in [2.45, 2.75) is 26.4 Å². The van der Waals surface area contributed by atoms with E-state index < -0.39 is 0 Å². The molecule has 0 saturated heterocycles. The van der Waals surface area contributed by atoms with Gasteiger partial charge in [0.05, 0.1) is 18.7 Å². The van der Waals surface area contributed by atoms with Gasteiger partial charge in [-0.1, -0.05) is 56.3 Å². The SMILES string of the molecule is COC(=O)[C@@H](NCc1ccccc1-c1ccccc1C#N)C(C)C. The minimum Gasteiger partial charge on any atom is -0.468 e. The van der Waals surface area contributed by atoms with Crippen LogP contribution >= 0.6 is 0 Å². The van der Waals surface area contributed by atoms with Gasteiger partial charge in [-0.05, 0) is 28.7 Å². The van der Waals surface area contributed by atoms with E-state index in [1.54, 1.807) is 0 Å². The maximum atomic E-state index is 11.9. The molecule has 2 aromatic carbocycles. The minimum absolute atomic E-state index is 0.121. The molecule has 1 N–H and O–H groups in total. The van der Waals surface area contributed by atoms with Gasteiger partial charge < -0.3 is 10.1 Å². The third-order valence-electron chi connectivity index (χ3n) is 3.99. The summed E-state index contributed by atoms with van der Waals surface area (Å²) in [6.07, 6.45) is 0. The van der Waals surface area contributed by atoms with E-state index in [0.717, 1.165) is 16.7 Å². The molecule has 0 aliphatic carbocycles. The topological polar surface area (TPSA) is 62.1 Å². The lowest BCUT2D eigenvalue weighted by Gasteiger charge is -2.21. The molecule has 1 atom stereocenters. The number of rotatable bonds is 6. The van der Waals surface area contributed by atoms with Gasteiger partial charge in [0.1, 0.15) is 6.04 Å². The van der Waals surface area contributed by atoms with E-state index in [9.17, 15) is 10.1 Å². The first-order valence-electron chi connectivity index (χ1n) is 7.97. The molecule has 0 aromatic heterocycles. The number of ether oxygens (including phenoxy) is 1. The molecule has 0 aliphatic rings. The van der Waals surface area contributed by atoms with Gasteiger partial charge in [0, 0.05) is 6.54 Å². The zero-order chi connectivity index (χ0) is 17.5. The van der Waals surface area contributed by atoms with Crippen LogP contribution in [0, 0.1) is 17.2 Å². The van der Waals surface area contributed by atoms with Gasteiger partial charge in [-0.25, -0.2) is 0 Å². The van der Waals surface area contributed by atoms with Crippen molar-refractivity contribution in [3.8, 4) is 17.2 Å². The Bertz CT molecular complexity index is 747. The number of hydrogen-bond acceptors (Lipinski definition) is 4.